The molecule has 1 N–H and O–H groups in total. The number of para-hydroxylation sites is 1. The highest BCUT2D eigenvalue weighted by atomic mass is 16.2. The third-order valence-corrected chi connectivity index (χ3v) is 5.03. The summed E-state index contributed by atoms with van der Waals surface area (Å²) in [5.74, 6) is 0.288. The Bertz CT molecular complexity index is 613. The summed E-state index contributed by atoms with van der Waals surface area (Å²) in [6.07, 6.45) is 1.92. The predicted molar refractivity (Wildman–Crippen MR) is 94.5 cm³/mol. The van der Waals surface area contributed by atoms with Gasteiger partial charge in [0.2, 0.25) is 11.8 Å². The lowest BCUT2D eigenvalue weighted by Gasteiger charge is -2.43. The van der Waals surface area contributed by atoms with Gasteiger partial charge in [0.25, 0.3) is 0 Å². The van der Waals surface area contributed by atoms with Crippen LogP contribution in [0, 0.1) is 5.41 Å². The van der Waals surface area contributed by atoms with Crippen LogP contribution >= 0.6 is 0 Å². The van der Waals surface area contributed by atoms with Crippen LogP contribution in [0.5, 0.6) is 0 Å². The van der Waals surface area contributed by atoms with Crippen molar-refractivity contribution in [1.29, 1.82) is 0 Å². The highest BCUT2D eigenvalue weighted by Gasteiger charge is 2.50. The van der Waals surface area contributed by atoms with Crippen LogP contribution in [0.4, 0.5) is 5.69 Å². The molecule has 1 spiro atoms. The lowest BCUT2D eigenvalue weighted by atomic mass is 9.84. The molecule has 2 heterocycles. The van der Waals surface area contributed by atoms with E-state index in [0.29, 0.717) is 39.0 Å². The first kappa shape index (κ1) is 16.8. The van der Waals surface area contributed by atoms with Crippen LogP contribution in [-0.2, 0) is 9.59 Å². The number of nitrogens with zero attached hydrogens (tertiary/aromatic N) is 2. The maximum absolute atomic E-state index is 12.6. The number of piperidine rings is 1. The van der Waals surface area contributed by atoms with E-state index in [0.717, 1.165) is 5.69 Å². The number of nitrogens with one attached hydrogen (secondary N) is 1. The molecule has 0 bridgehead atoms. The zero-order chi connectivity index (χ0) is 17.4. The quantitative estimate of drug-likeness (QED) is 0.906. The SMILES string of the molecule is CC(C)(C)CC(=O)N1CCC2(CC1)C(=O)NCN2c1ccccc1. The molecule has 0 radical (unpaired) electrons. The number of hydrogen-bond donors (Lipinski definition) is 1. The number of amides is 2. The standard InChI is InChI=1S/C19H27N3O2/c1-18(2,3)13-16(23)21-11-9-19(10-12-21)17(24)20-14-22(19)15-7-5-4-6-8-15/h4-8H,9-14H2,1-3H3,(H,20,24). The number of hydrogen-bond acceptors (Lipinski definition) is 3. The molecule has 2 fully saturated rings. The fourth-order valence-electron chi connectivity index (χ4n) is 3.72. The molecular weight excluding hydrogens is 302 g/mol. The molecule has 0 saturated carbocycles. The van der Waals surface area contributed by atoms with E-state index in [9.17, 15) is 9.59 Å². The fraction of sp³-hybridized carbons (Fsp3) is 0.579. The third-order valence-electron chi connectivity index (χ3n) is 5.03. The summed E-state index contributed by atoms with van der Waals surface area (Å²) in [4.78, 5) is 29.1. The largest absolute Gasteiger partial charge is 0.342 e. The van der Waals surface area contributed by atoms with E-state index < -0.39 is 5.54 Å². The third kappa shape index (κ3) is 3.12. The van der Waals surface area contributed by atoms with Crippen molar-refractivity contribution in [2.75, 3.05) is 24.7 Å². The summed E-state index contributed by atoms with van der Waals surface area (Å²) in [5.41, 5.74) is 0.540. The van der Waals surface area contributed by atoms with Crippen LogP contribution in [0.2, 0.25) is 0 Å². The van der Waals surface area contributed by atoms with Gasteiger partial charge in [-0.2, -0.15) is 0 Å². The molecule has 5 nitrogen and oxygen atoms in total. The maximum atomic E-state index is 12.6. The van der Waals surface area contributed by atoms with Crippen molar-refractivity contribution in [2.45, 2.75) is 45.6 Å². The minimum Gasteiger partial charge on any atom is -0.342 e. The van der Waals surface area contributed by atoms with Gasteiger partial charge in [-0.25, -0.2) is 0 Å². The van der Waals surface area contributed by atoms with E-state index in [2.05, 4.69) is 31.0 Å². The van der Waals surface area contributed by atoms with Gasteiger partial charge in [-0.05, 0) is 30.4 Å². The Morgan fingerprint density at radius 1 is 1.17 bits per heavy atom. The second-order valence-electron chi connectivity index (χ2n) is 8.08. The minimum absolute atomic E-state index is 0.00692. The first-order valence-corrected chi connectivity index (χ1v) is 8.71. The molecule has 3 rings (SSSR count). The van der Waals surface area contributed by atoms with E-state index in [4.69, 9.17) is 0 Å². The van der Waals surface area contributed by atoms with Crippen LogP contribution in [0.15, 0.2) is 30.3 Å². The van der Waals surface area contributed by atoms with Gasteiger partial charge in [-0.3, -0.25) is 9.59 Å². The highest BCUT2D eigenvalue weighted by Crippen LogP contribution is 2.36. The lowest BCUT2D eigenvalue weighted by molar-refractivity contribution is -0.136. The van der Waals surface area contributed by atoms with E-state index in [1.54, 1.807) is 0 Å². The molecule has 24 heavy (non-hydrogen) atoms. The molecule has 5 heteroatoms. The highest BCUT2D eigenvalue weighted by molar-refractivity contribution is 5.93. The molecule has 1 aromatic carbocycles. The van der Waals surface area contributed by atoms with Crippen LogP contribution in [0.25, 0.3) is 0 Å². The first-order valence-electron chi connectivity index (χ1n) is 8.71. The van der Waals surface area contributed by atoms with E-state index in [1.165, 1.54) is 0 Å². The minimum atomic E-state index is -0.514. The van der Waals surface area contributed by atoms with Crippen molar-refractivity contribution in [3.63, 3.8) is 0 Å². The molecule has 2 saturated heterocycles. The molecule has 1 aromatic rings. The van der Waals surface area contributed by atoms with Crippen molar-refractivity contribution in [3.05, 3.63) is 30.3 Å². The van der Waals surface area contributed by atoms with Crippen LogP contribution in [0.3, 0.4) is 0 Å². The molecule has 2 amide bonds. The number of rotatable bonds is 2. The van der Waals surface area contributed by atoms with Crippen LogP contribution in [-0.4, -0.2) is 42.0 Å². The Kier molecular flexibility index (Phi) is 4.28. The zero-order valence-electron chi connectivity index (χ0n) is 14.8. The van der Waals surface area contributed by atoms with Gasteiger partial charge >= 0.3 is 0 Å². The van der Waals surface area contributed by atoms with Gasteiger partial charge in [0, 0.05) is 25.2 Å². The number of likely N-dealkylation sites (tertiary alicyclic amines) is 1. The number of benzene rings is 1. The summed E-state index contributed by atoms with van der Waals surface area (Å²) in [6.45, 7) is 8.07. The van der Waals surface area contributed by atoms with Gasteiger partial charge in [0.15, 0.2) is 0 Å². The number of anilines is 1. The van der Waals surface area contributed by atoms with Crippen LogP contribution < -0.4 is 10.2 Å². The second-order valence-corrected chi connectivity index (χ2v) is 8.08. The Labute approximate surface area is 144 Å². The molecule has 2 aliphatic heterocycles. The van der Waals surface area contributed by atoms with Crippen molar-refractivity contribution in [1.82, 2.24) is 10.2 Å². The summed E-state index contributed by atoms with van der Waals surface area (Å²) < 4.78 is 0. The normalized spacial score (nSPS) is 20.4. The first-order chi connectivity index (χ1) is 11.3. The van der Waals surface area contributed by atoms with Gasteiger partial charge in [-0.15, -0.1) is 0 Å². The molecule has 0 aliphatic carbocycles. The Balaban J connectivity index is 1.73. The average Bonchev–Trinajstić information content (AvgIpc) is 2.84. The van der Waals surface area contributed by atoms with Crippen molar-refractivity contribution in [2.24, 2.45) is 5.41 Å². The van der Waals surface area contributed by atoms with Crippen molar-refractivity contribution < 1.29 is 9.59 Å². The molecule has 130 valence electrons. The van der Waals surface area contributed by atoms with Crippen molar-refractivity contribution >= 4 is 17.5 Å². The molecule has 0 atom stereocenters. The Morgan fingerprint density at radius 3 is 2.38 bits per heavy atom. The number of carbonyl (C=O) groups excluding carboxylic acids is 2. The monoisotopic (exact) mass is 329 g/mol. The average molecular weight is 329 g/mol. The lowest BCUT2D eigenvalue weighted by Crippen LogP contribution is -2.57. The summed E-state index contributed by atoms with van der Waals surface area (Å²) >= 11 is 0. The Morgan fingerprint density at radius 2 is 1.79 bits per heavy atom. The summed E-state index contributed by atoms with van der Waals surface area (Å²) in [7, 11) is 0. The second kappa shape index (κ2) is 6.11. The van der Waals surface area contributed by atoms with Gasteiger partial charge < -0.3 is 15.1 Å². The fourth-order valence-corrected chi connectivity index (χ4v) is 3.72. The topological polar surface area (TPSA) is 52.7 Å². The maximum Gasteiger partial charge on any atom is 0.247 e. The van der Waals surface area contributed by atoms with E-state index in [1.807, 2.05) is 35.2 Å². The summed E-state index contributed by atoms with van der Waals surface area (Å²) in [6, 6.07) is 10.1. The summed E-state index contributed by atoms with van der Waals surface area (Å²) in [5, 5.41) is 2.99. The van der Waals surface area contributed by atoms with Gasteiger partial charge in [0.1, 0.15) is 5.54 Å². The van der Waals surface area contributed by atoms with Crippen molar-refractivity contribution in [3.8, 4) is 0 Å². The Hall–Kier alpha value is -2.04. The van der Waals surface area contributed by atoms with E-state index in [-0.39, 0.29) is 17.2 Å². The molecule has 2 aliphatic rings. The van der Waals surface area contributed by atoms with Gasteiger partial charge in [0.05, 0.1) is 6.67 Å². The molecular formula is C19H27N3O2. The molecule has 0 aromatic heterocycles. The smallest absolute Gasteiger partial charge is 0.247 e. The predicted octanol–water partition coefficient (Wildman–Crippen LogP) is 2.38. The number of carbonyl (C=O) groups is 2. The van der Waals surface area contributed by atoms with E-state index >= 15 is 0 Å². The molecule has 0 unspecified atom stereocenters. The zero-order valence-corrected chi connectivity index (χ0v) is 14.8. The van der Waals surface area contributed by atoms with Crippen LogP contribution in [0.1, 0.15) is 40.0 Å². The van der Waals surface area contributed by atoms with Gasteiger partial charge in [-0.1, -0.05) is 39.0 Å².